The number of rotatable bonds is 5. The number of para-hydroxylation sites is 2. The van der Waals surface area contributed by atoms with Crippen LogP contribution in [-0.2, 0) is 4.79 Å². The first-order valence-corrected chi connectivity index (χ1v) is 9.69. The smallest absolute Gasteiger partial charge is 0.267 e. The Morgan fingerprint density at radius 2 is 1.81 bits per heavy atom. The van der Waals surface area contributed by atoms with Crippen molar-refractivity contribution in [3.63, 3.8) is 0 Å². The zero-order valence-electron chi connectivity index (χ0n) is 16.1. The lowest BCUT2D eigenvalue weighted by atomic mass is 10.1. The fourth-order valence-corrected chi connectivity index (χ4v) is 3.23. The molecule has 0 aliphatic heterocycles. The molecular formula is C23H17ClN4O3. The molecule has 154 valence electrons. The van der Waals surface area contributed by atoms with Gasteiger partial charge in [-0.05, 0) is 54.1 Å². The number of benzene rings is 3. The van der Waals surface area contributed by atoms with Crippen LogP contribution >= 0.6 is 11.6 Å². The van der Waals surface area contributed by atoms with E-state index in [4.69, 9.17) is 16.8 Å². The summed E-state index contributed by atoms with van der Waals surface area (Å²) < 4.78 is 0. The highest BCUT2D eigenvalue weighted by Crippen LogP contribution is 2.30. The Morgan fingerprint density at radius 3 is 2.55 bits per heavy atom. The molecule has 4 rings (SSSR count). The molecule has 4 aromatic rings. The van der Waals surface area contributed by atoms with Gasteiger partial charge in [-0.25, -0.2) is 10.5 Å². The number of hydrogen-bond acceptors (Lipinski definition) is 4. The number of amides is 2. The Kier molecular flexibility index (Phi) is 5.79. The van der Waals surface area contributed by atoms with Gasteiger partial charge in [0.15, 0.2) is 0 Å². The minimum Gasteiger partial charge on any atom is -0.338 e. The topological polar surface area (TPSA) is 107 Å². The van der Waals surface area contributed by atoms with Gasteiger partial charge in [-0.3, -0.25) is 14.8 Å². The molecule has 0 saturated carbocycles. The average molecular weight is 433 g/mol. The van der Waals surface area contributed by atoms with Crippen molar-refractivity contribution in [3.8, 4) is 11.4 Å². The molecule has 1 aromatic heterocycles. The van der Waals surface area contributed by atoms with E-state index in [1.807, 2.05) is 24.3 Å². The van der Waals surface area contributed by atoms with Gasteiger partial charge >= 0.3 is 0 Å². The molecule has 0 fully saturated rings. The number of aromatic amines is 1. The molecule has 3 aromatic carbocycles. The SMILES string of the molecule is O=C(/C=C/c1ccc(C(=O)Nc2ccc(Cl)c(-c3nc4ccccc4[nH]3)c2)cc1)NO. The zero-order chi connectivity index (χ0) is 21.8. The molecule has 0 radical (unpaired) electrons. The molecule has 0 saturated heterocycles. The van der Waals surface area contributed by atoms with Gasteiger partial charge in [0.05, 0.1) is 16.1 Å². The first-order chi connectivity index (χ1) is 15.0. The number of aromatic nitrogens is 2. The molecule has 4 N–H and O–H groups in total. The summed E-state index contributed by atoms with van der Waals surface area (Å²) in [7, 11) is 0. The number of fused-ring (bicyclic) bond motifs is 1. The maximum Gasteiger partial charge on any atom is 0.267 e. The first-order valence-electron chi connectivity index (χ1n) is 9.32. The van der Waals surface area contributed by atoms with Gasteiger partial charge in [0, 0.05) is 22.9 Å². The highest BCUT2D eigenvalue weighted by Gasteiger charge is 2.12. The van der Waals surface area contributed by atoms with Crippen molar-refractivity contribution >= 4 is 46.2 Å². The number of anilines is 1. The summed E-state index contributed by atoms with van der Waals surface area (Å²) >= 11 is 6.37. The molecule has 0 unspecified atom stereocenters. The zero-order valence-corrected chi connectivity index (χ0v) is 16.9. The average Bonchev–Trinajstić information content (AvgIpc) is 3.23. The van der Waals surface area contributed by atoms with Crippen LogP contribution in [0.2, 0.25) is 5.02 Å². The molecule has 1 heterocycles. The predicted molar refractivity (Wildman–Crippen MR) is 120 cm³/mol. The van der Waals surface area contributed by atoms with Crippen LogP contribution in [0.1, 0.15) is 15.9 Å². The predicted octanol–water partition coefficient (Wildman–Crippen LogP) is 4.65. The Balaban J connectivity index is 1.53. The van der Waals surface area contributed by atoms with Gasteiger partial charge in [0.2, 0.25) is 0 Å². The van der Waals surface area contributed by atoms with E-state index in [1.165, 1.54) is 17.6 Å². The number of hydrogen-bond donors (Lipinski definition) is 4. The van der Waals surface area contributed by atoms with Gasteiger partial charge < -0.3 is 10.3 Å². The molecule has 8 heteroatoms. The van der Waals surface area contributed by atoms with E-state index in [0.29, 0.717) is 33.2 Å². The van der Waals surface area contributed by atoms with Crippen molar-refractivity contribution < 1.29 is 14.8 Å². The number of carbonyl (C=O) groups is 2. The van der Waals surface area contributed by atoms with E-state index in [9.17, 15) is 9.59 Å². The van der Waals surface area contributed by atoms with E-state index in [2.05, 4.69) is 15.3 Å². The summed E-state index contributed by atoms with van der Waals surface area (Å²) in [6.07, 6.45) is 2.70. The standard InChI is InChI=1S/C23H17ClN4O3/c24-18-11-10-16(13-17(18)22-26-19-3-1-2-4-20(19)27-22)25-23(30)15-8-5-14(6-9-15)7-12-21(29)28-31/h1-13,31H,(H,25,30)(H,26,27)(H,28,29)/b12-7+. The normalized spacial score (nSPS) is 11.0. The van der Waals surface area contributed by atoms with Crippen LogP contribution in [0.4, 0.5) is 5.69 Å². The molecule has 7 nitrogen and oxygen atoms in total. The maximum absolute atomic E-state index is 12.6. The van der Waals surface area contributed by atoms with Gasteiger partial charge in [0.1, 0.15) is 5.82 Å². The Labute approximate surface area is 182 Å². The van der Waals surface area contributed by atoms with E-state index in [0.717, 1.165) is 11.0 Å². The minimum absolute atomic E-state index is 0.290. The number of H-pyrrole nitrogens is 1. The van der Waals surface area contributed by atoms with Gasteiger partial charge in [-0.1, -0.05) is 35.9 Å². The highest BCUT2D eigenvalue weighted by molar-refractivity contribution is 6.33. The fraction of sp³-hybridized carbons (Fsp3) is 0. The summed E-state index contributed by atoms with van der Waals surface area (Å²) in [6, 6.07) is 19.5. The summed E-state index contributed by atoms with van der Waals surface area (Å²) in [5, 5.41) is 11.9. The van der Waals surface area contributed by atoms with Crippen molar-refractivity contribution in [3.05, 3.63) is 89.0 Å². The summed E-state index contributed by atoms with van der Waals surface area (Å²) in [5.74, 6) is -0.309. The van der Waals surface area contributed by atoms with Crippen LogP contribution in [0.15, 0.2) is 72.8 Å². The number of halogens is 1. The highest BCUT2D eigenvalue weighted by atomic mass is 35.5. The summed E-state index contributed by atoms with van der Waals surface area (Å²) in [6.45, 7) is 0. The van der Waals surface area contributed by atoms with Gasteiger partial charge in [-0.15, -0.1) is 0 Å². The number of hydroxylamine groups is 1. The first kappa shape index (κ1) is 20.3. The van der Waals surface area contributed by atoms with Crippen molar-refractivity contribution in [2.75, 3.05) is 5.32 Å². The van der Waals surface area contributed by atoms with E-state index >= 15 is 0 Å². The van der Waals surface area contributed by atoms with Gasteiger partial charge in [0.25, 0.3) is 11.8 Å². The maximum atomic E-state index is 12.6. The second kappa shape index (κ2) is 8.83. The van der Waals surface area contributed by atoms with Crippen LogP contribution in [-0.4, -0.2) is 27.0 Å². The third-order valence-electron chi connectivity index (χ3n) is 4.58. The number of imidazole rings is 1. The Hall–Kier alpha value is -3.94. The van der Waals surface area contributed by atoms with Crippen molar-refractivity contribution in [1.29, 1.82) is 0 Å². The molecule has 2 amide bonds. The van der Waals surface area contributed by atoms with Crippen LogP contribution < -0.4 is 10.8 Å². The van der Waals surface area contributed by atoms with Crippen LogP contribution in [0.3, 0.4) is 0 Å². The van der Waals surface area contributed by atoms with Crippen LogP contribution in [0, 0.1) is 0 Å². The Bertz CT molecular complexity index is 1260. The lowest BCUT2D eigenvalue weighted by Gasteiger charge is -2.08. The number of nitrogens with one attached hydrogen (secondary N) is 3. The van der Waals surface area contributed by atoms with E-state index in [-0.39, 0.29) is 5.91 Å². The monoisotopic (exact) mass is 432 g/mol. The third kappa shape index (κ3) is 4.63. The van der Waals surface area contributed by atoms with E-state index in [1.54, 1.807) is 42.5 Å². The number of nitrogens with zero attached hydrogens (tertiary/aromatic N) is 1. The second-order valence-corrected chi connectivity index (χ2v) is 7.09. The molecule has 0 atom stereocenters. The Morgan fingerprint density at radius 1 is 1.03 bits per heavy atom. The lowest BCUT2D eigenvalue weighted by molar-refractivity contribution is -0.124. The molecular weight excluding hydrogens is 416 g/mol. The summed E-state index contributed by atoms with van der Waals surface area (Å²) in [5.41, 5.74) is 5.65. The minimum atomic E-state index is -0.634. The van der Waals surface area contributed by atoms with Crippen LogP contribution in [0.25, 0.3) is 28.5 Å². The molecule has 0 spiro atoms. The lowest BCUT2D eigenvalue weighted by Crippen LogP contribution is -2.14. The molecule has 0 aliphatic rings. The van der Waals surface area contributed by atoms with E-state index < -0.39 is 5.91 Å². The molecule has 0 aliphatic carbocycles. The van der Waals surface area contributed by atoms with Crippen molar-refractivity contribution in [2.24, 2.45) is 0 Å². The van der Waals surface area contributed by atoms with Crippen molar-refractivity contribution in [2.45, 2.75) is 0 Å². The second-order valence-electron chi connectivity index (χ2n) is 6.68. The molecule has 31 heavy (non-hydrogen) atoms. The molecule has 0 bridgehead atoms. The fourth-order valence-electron chi connectivity index (χ4n) is 3.02. The third-order valence-corrected chi connectivity index (χ3v) is 4.91. The van der Waals surface area contributed by atoms with Crippen molar-refractivity contribution in [1.82, 2.24) is 15.4 Å². The quantitative estimate of drug-likeness (QED) is 0.209. The largest absolute Gasteiger partial charge is 0.338 e. The number of carbonyl (C=O) groups excluding carboxylic acids is 2. The van der Waals surface area contributed by atoms with Gasteiger partial charge in [-0.2, -0.15) is 0 Å². The summed E-state index contributed by atoms with van der Waals surface area (Å²) in [4.78, 5) is 31.5. The van der Waals surface area contributed by atoms with Crippen LogP contribution in [0.5, 0.6) is 0 Å².